The number of nitrogens with one attached hydrogen (secondary N) is 1. The molecular weight excluding hydrogens is 535 g/mol. The molecule has 11 nitrogen and oxygen atoms in total. The van der Waals surface area contributed by atoms with E-state index >= 15 is 0 Å². The lowest BCUT2D eigenvalue weighted by Crippen LogP contribution is -2.54. The van der Waals surface area contributed by atoms with Gasteiger partial charge in [0.15, 0.2) is 12.0 Å². The van der Waals surface area contributed by atoms with Gasteiger partial charge in [-0.15, -0.1) is 0 Å². The molecule has 0 bridgehead atoms. The summed E-state index contributed by atoms with van der Waals surface area (Å²) in [7, 11) is 1.24. The van der Waals surface area contributed by atoms with E-state index in [0.717, 1.165) is 15.7 Å². The Bertz CT molecular complexity index is 1310. The lowest BCUT2D eigenvalue weighted by molar-refractivity contribution is -0.158. The first kappa shape index (κ1) is 28.3. The number of esters is 1. The van der Waals surface area contributed by atoms with Crippen LogP contribution in [0.1, 0.15) is 20.3 Å². The highest BCUT2D eigenvalue weighted by Gasteiger charge is 2.55. The molecule has 0 aromatic heterocycles. The van der Waals surface area contributed by atoms with Crippen LogP contribution in [0.5, 0.6) is 5.75 Å². The smallest absolute Gasteiger partial charge is 0.323 e. The second kappa shape index (κ2) is 11.2. The van der Waals surface area contributed by atoms with Crippen molar-refractivity contribution in [2.75, 3.05) is 13.7 Å². The van der Waals surface area contributed by atoms with Crippen LogP contribution in [0.2, 0.25) is 0 Å². The third kappa shape index (κ3) is 5.81. The number of nitrogens with zero attached hydrogens (tertiary/aromatic N) is 1. The molecule has 1 amide bonds. The standard InChI is InChI=1S/C25H29N2O9PS/c1-15(23(31)33-3)26-37(38,36-19-10-6-8-16-7-4-5-9-18(16)19)34-14-20-22(30)25(2,32)24(35-20)27-12-11-17(28)13-21(27)29/h4-12,15,20,22,24,30,32H,13-14H2,1-3H3,(H,26,38)/t15-,20+,22+,24+,25+,37?/m0/s1. The Kier molecular flexibility index (Phi) is 8.34. The molecule has 2 aliphatic rings. The number of hydrogen-bond donors (Lipinski definition) is 3. The highest BCUT2D eigenvalue weighted by atomic mass is 32.5. The van der Waals surface area contributed by atoms with Gasteiger partial charge in [-0.05, 0) is 43.2 Å². The fraction of sp³-hybridized carbons (Fsp3) is 0.400. The van der Waals surface area contributed by atoms with Gasteiger partial charge in [-0.1, -0.05) is 36.4 Å². The first-order valence-electron chi connectivity index (χ1n) is 11.8. The van der Waals surface area contributed by atoms with Crippen LogP contribution in [-0.2, 0) is 40.2 Å². The molecule has 1 unspecified atom stereocenters. The molecule has 0 aliphatic carbocycles. The quantitative estimate of drug-likeness (QED) is 0.233. The van der Waals surface area contributed by atoms with Crippen LogP contribution in [-0.4, -0.2) is 76.6 Å². The van der Waals surface area contributed by atoms with Crippen molar-refractivity contribution in [3.05, 3.63) is 54.7 Å². The van der Waals surface area contributed by atoms with Crippen LogP contribution < -0.4 is 9.61 Å². The van der Waals surface area contributed by atoms with Crippen LogP contribution in [0.3, 0.4) is 0 Å². The topological polar surface area (TPSA) is 144 Å². The summed E-state index contributed by atoms with van der Waals surface area (Å²) in [5.41, 5.74) is -1.89. The summed E-state index contributed by atoms with van der Waals surface area (Å²) in [6.07, 6.45) is -1.84. The Balaban J connectivity index is 1.57. The molecule has 38 heavy (non-hydrogen) atoms. The number of allylic oxidation sites excluding steroid dienone is 1. The van der Waals surface area contributed by atoms with E-state index in [4.69, 9.17) is 30.3 Å². The van der Waals surface area contributed by atoms with Crippen molar-refractivity contribution < 1.29 is 43.1 Å². The van der Waals surface area contributed by atoms with Gasteiger partial charge in [0, 0.05) is 11.6 Å². The molecule has 2 aromatic carbocycles. The van der Waals surface area contributed by atoms with Gasteiger partial charge in [0.1, 0.15) is 29.6 Å². The van der Waals surface area contributed by atoms with E-state index in [-0.39, 0.29) is 18.8 Å². The first-order valence-corrected chi connectivity index (χ1v) is 14.4. The largest absolute Gasteiger partial charge is 0.468 e. The highest BCUT2D eigenvalue weighted by molar-refractivity contribution is 8.09. The lowest BCUT2D eigenvalue weighted by atomic mass is 9.95. The van der Waals surface area contributed by atoms with Gasteiger partial charge in [-0.3, -0.25) is 19.3 Å². The molecule has 4 rings (SSSR count). The van der Waals surface area contributed by atoms with Crippen LogP contribution in [0.15, 0.2) is 54.7 Å². The second-order valence-corrected chi connectivity index (χ2v) is 12.3. The van der Waals surface area contributed by atoms with E-state index < -0.39 is 48.6 Å². The van der Waals surface area contributed by atoms with E-state index in [1.54, 1.807) is 19.1 Å². The molecule has 204 valence electrons. The molecule has 3 N–H and O–H groups in total. The Morgan fingerprint density at radius 2 is 2.00 bits per heavy atom. The number of rotatable bonds is 9. The number of benzene rings is 2. The monoisotopic (exact) mass is 564 g/mol. The van der Waals surface area contributed by atoms with Crippen molar-refractivity contribution in [1.82, 2.24) is 9.99 Å². The van der Waals surface area contributed by atoms with E-state index in [1.807, 2.05) is 30.3 Å². The molecule has 0 saturated carbocycles. The first-order chi connectivity index (χ1) is 17.9. The molecule has 0 spiro atoms. The van der Waals surface area contributed by atoms with E-state index in [9.17, 15) is 24.6 Å². The minimum Gasteiger partial charge on any atom is -0.468 e. The van der Waals surface area contributed by atoms with Crippen LogP contribution >= 0.6 is 6.64 Å². The number of hydrogen-bond acceptors (Lipinski definition) is 10. The summed E-state index contributed by atoms with van der Waals surface area (Å²) < 4.78 is 22.8. The maximum absolute atomic E-state index is 12.4. The van der Waals surface area contributed by atoms with Gasteiger partial charge in [-0.2, -0.15) is 0 Å². The highest BCUT2D eigenvalue weighted by Crippen LogP contribution is 2.48. The molecule has 6 atom stereocenters. The summed E-state index contributed by atoms with van der Waals surface area (Å²) in [4.78, 5) is 37.2. The maximum Gasteiger partial charge on any atom is 0.323 e. The van der Waals surface area contributed by atoms with Gasteiger partial charge in [0.25, 0.3) is 0 Å². The maximum atomic E-state index is 12.4. The minimum absolute atomic E-state index is 0.346. The number of fused-ring (bicyclic) bond motifs is 1. The Morgan fingerprint density at radius 3 is 2.71 bits per heavy atom. The zero-order chi connectivity index (χ0) is 27.7. The normalized spacial score (nSPS) is 27.8. The van der Waals surface area contributed by atoms with Gasteiger partial charge in [-0.25, -0.2) is 5.09 Å². The predicted molar refractivity (Wildman–Crippen MR) is 140 cm³/mol. The molecular formula is C25H29N2O9PS. The van der Waals surface area contributed by atoms with Crippen molar-refractivity contribution in [3.63, 3.8) is 0 Å². The molecule has 2 aliphatic heterocycles. The predicted octanol–water partition coefficient (Wildman–Crippen LogP) is 1.76. The van der Waals surface area contributed by atoms with Gasteiger partial charge >= 0.3 is 12.6 Å². The molecule has 1 saturated heterocycles. The van der Waals surface area contributed by atoms with Crippen LogP contribution in [0, 0.1) is 0 Å². The summed E-state index contributed by atoms with van der Waals surface area (Å²) in [6.45, 7) is -0.976. The number of aliphatic hydroxyl groups excluding tert-OH is 1. The Labute approximate surface area is 224 Å². The zero-order valence-electron chi connectivity index (χ0n) is 21.0. The number of ketones is 1. The summed E-state index contributed by atoms with van der Waals surface area (Å²) in [5.74, 6) is -1.12. The number of methoxy groups -OCH3 is 1. The summed E-state index contributed by atoms with van der Waals surface area (Å²) in [6, 6.07) is 12.0. The van der Waals surface area contributed by atoms with Crippen molar-refractivity contribution in [3.8, 4) is 5.75 Å². The van der Waals surface area contributed by atoms with Gasteiger partial charge < -0.3 is 28.7 Å². The number of amides is 1. The lowest BCUT2D eigenvalue weighted by Gasteiger charge is -2.34. The molecule has 13 heteroatoms. The zero-order valence-corrected chi connectivity index (χ0v) is 22.7. The third-order valence-corrected chi connectivity index (χ3v) is 8.81. The van der Waals surface area contributed by atoms with Crippen molar-refractivity contribution in [1.29, 1.82) is 0 Å². The Hall–Kier alpha value is -2.70. The number of carbonyl (C=O) groups is 3. The molecule has 2 heterocycles. The Morgan fingerprint density at radius 1 is 1.29 bits per heavy atom. The van der Waals surface area contributed by atoms with Gasteiger partial charge in [0.05, 0.1) is 20.1 Å². The average molecular weight is 565 g/mol. The fourth-order valence-corrected chi connectivity index (χ4v) is 6.68. The minimum atomic E-state index is -3.49. The van der Waals surface area contributed by atoms with E-state index in [1.165, 1.54) is 26.3 Å². The molecule has 2 aromatic rings. The van der Waals surface area contributed by atoms with E-state index in [0.29, 0.717) is 5.75 Å². The van der Waals surface area contributed by atoms with Crippen molar-refractivity contribution >= 4 is 46.9 Å². The molecule has 1 fully saturated rings. The average Bonchev–Trinajstić information content (AvgIpc) is 3.10. The van der Waals surface area contributed by atoms with Crippen molar-refractivity contribution in [2.24, 2.45) is 0 Å². The van der Waals surface area contributed by atoms with Crippen LogP contribution in [0.25, 0.3) is 10.8 Å². The molecule has 0 radical (unpaired) electrons. The SMILES string of the molecule is COC(=O)[C@H](C)NP(=S)(OC[C@H]1O[C@@H](N2C=CC(=O)CC2=O)[C@](C)(O)[C@@H]1O)Oc1cccc2ccccc12. The summed E-state index contributed by atoms with van der Waals surface area (Å²) >= 11 is 5.74. The van der Waals surface area contributed by atoms with Crippen LogP contribution in [0.4, 0.5) is 0 Å². The third-order valence-electron chi connectivity index (χ3n) is 6.33. The second-order valence-electron chi connectivity index (χ2n) is 9.19. The fourth-order valence-electron chi connectivity index (χ4n) is 4.27. The van der Waals surface area contributed by atoms with E-state index in [2.05, 4.69) is 5.09 Å². The summed E-state index contributed by atoms with van der Waals surface area (Å²) in [5, 5.41) is 26.4. The number of carbonyl (C=O) groups excluding carboxylic acids is 3. The number of ether oxygens (including phenoxy) is 2. The number of aliphatic hydroxyl groups is 2. The van der Waals surface area contributed by atoms with Crippen molar-refractivity contribution in [2.45, 2.75) is 50.3 Å². The van der Waals surface area contributed by atoms with Gasteiger partial charge in [0.2, 0.25) is 5.91 Å².